The second kappa shape index (κ2) is 6.20. The Kier molecular flexibility index (Phi) is 4.32. The van der Waals surface area contributed by atoms with E-state index in [-0.39, 0.29) is 0 Å². The van der Waals surface area contributed by atoms with Gasteiger partial charge in [0.05, 0.1) is 0 Å². The maximum absolute atomic E-state index is 3.58. The molecule has 3 nitrogen and oxygen atoms in total. The summed E-state index contributed by atoms with van der Waals surface area (Å²) >= 11 is 0. The molecule has 21 heavy (non-hydrogen) atoms. The van der Waals surface area contributed by atoms with Gasteiger partial charge < -0.3 is 10.3 Å². The van der Waals surface area contributed by atoms with Crippen molar-refractivity contribution in [3.05, 3.63) is 35.5 Å². The summed E-state index contributed by atoms with van der Waals surface area (Å²) in [7, 11) is 0. The summed E-state index contributed by atoms with van der Waals surface area (Å²) in [6.07, 6.45) is 1.22. The van der Waals surface area contributed by atoms with Gasteiger partial charge in [0.15, 0.2) is 0 Å². The Morgan fingerprint density at radius 2 is 1.86 bits per heavy atom. The molecule has 114 valence electrons. The van der Waals surface area contributed by atoms with Crippen molar-refractivity contribution in [2.24, 2.45) is 5.92 Å². The summed E-state index contributed by atoms with van der Waals surface area (Å²) in [4.78, 5) is 6.24. The van der Waals surface area contributed by atoms with Crippen LogP contribution in [0.25, 0.3) is 10.9 Å². The molecule has 0 aliphatic carbocycles. The van der Waals surface area contributed by atoms with Gasteiger partial charge in [-0.05, 0) is 30.9 Å². The summed E-state index contributed by atoms with van der Waals surface area (Å²) in [6.45, 7) is 11.4. The molecule has 1 aliphatic rings. The van der Waals surface area contributed by atoms with Gasteiger partial charge >= 0.3 is 0 Å². The third kappa shape index (κ3) is 2.99. The highest BCUT2D eigenvalue weighted by Crippen LogP contribution is 2.35. The van der Waals surface area contributed by atoms with Crippen molar-refractivity contribution in [3.63, 3.8) is 0 Å². The molecule has 1 aromatic carbocycles. The van der Waals surface area contributed by atoms with Crippen molar-refractivity contribution in [2.75, 3.05) is 26.2 Å². The molecule has 3 heteroatoms. The predicted molar refractivity (Wildman–Crippen MR) is 89.7 cm³/mol. The normalized spacial score (nSPS) is 18.5. The van der Waals surface area contributed by atoms with Crippen molar-refractivity contribution in [3.8, 4) is 0 Å². The SMILES string of the molecule is Cc1[nH]c2ccccc2c1[C@@H](CC(C)C)N1CCNCC1. The summed E-state index contributed by atoms with van der Waals surface area (Å²) in [5, 5.41) is 4.87. The number of aromatic amines is 1. The van der Waals surface area contributed by atoms with Crippen LogP contribution in [0.4, 0.5) is 0 Å². The molecule has 0 saturated carbocycles. The zero-order chi connectivity index (χ0) is 14.8. The van der Waals surface area contributed by atoms with Gasteiger partial charge in [-0.2, -0.15) is 0 Å². The zero-order valence-electron chi connectivity index (χ0n) is 13.4. The number of aromatic nitrogens is 1. The van der Waals surface area contributed by atoms with Crippen LogP contribution in [0, 0.1) is 12.8 Å². The van der Waals surface area contributed by atoms with E-state index in [2.05, 4.69) is 60.2 Å². The Balaban J connectivity index is 2.02. The highest BCUT2D eigenvalue weighted by Gasteiger charge is 2.26. The zero-order valence-corrected chi connectivity index (χ0v) is 13.4. The third-order valence-electron chi connectivity index (χ3n) is 4.56. The monoisotopic (exact) mass is 285 g/mol. The Bertz CT molecular complexity index is 594. The smallest absolute Gasteiger partial charge is 0.0459 e. The summed E-state index contributed by atoms with van der Waals surface area (Å²) < 4.78 is 0. The highest BCUT2D eigenvalue weighted by molar-refractivity contribution is 5.85. The van der Waals surface area contributed by atoms with Gasteiger partial charge in [-0.1, -0.05) is 32.0 Å². The first-order valence-corrected chi connectivity index (χ1v) is 8.18. The van der Waals surface area contributed by atoms with Crippen molar-refractivity contribution in [2.45, 2.75) is 33.2 Å². The second-order valence-electron chi connectivity index (χ2n) is 6.64. The lowest BCUT2D eigenvalue weighted by molar-refractivity contribution is 0.154. The first kappa shape index (κ1) is 14.6. The van der Waals surface area contributed by atoms with Gasteiger partial charge in [-0.25, -0.2) is 0 Å². The standard InChI is InChI=1S/C18H27N3/c1-13(2)12-17(21-10-8-19-9-11-21)18-14(3)20-16-7-5-4-6-15(16)18/h4-7,13,17,19-20H,8-12H2,1-3H3/t17-/m1/s1. The van der Waals surface area contributed by atoms with Crippen LogP contribution in [-0.4, -0.2) is 36.1 Å². The lowest BCUT2D eigenvalue weighted by Gasteiger charge is -2.36. The summed E-state index contributed by atoms with van der Waals surface area (Å²) in [6, 6.07) is 9.26. The molecular weight excluding hydrogens is 258 g/mol. The van der Waals surface area contributed by atoms with E-state index < -0.39 is 0 Å². The van der Waals surface area contributed by atoms with Crippen LogP contribution in [0.5, 0.6) is 0 Å². The number of rotatable bonds is 4. The number of aryl methyl sites for hydroxylation is 1. The number of benzene rings is 1. The van der Waals surface area contributed by atoms with E-state index in [1.54, 1.807) is 0 Å². The van der Waals surface area contributed by atoms with Gasteiger partial charge in [0.25, 0.3) is 0 Å². The average Bonchev–Trinajstić information content (AvgIpc) is 2.81. The molecule has 1 aromatic heterocycles. The van der Waals surface area contributed by atoms with E-state index in [4.69, 9.17) is 0 Å². The van der Waals surface area contributed by atoms with E-state index in [0.717, 1.165) is 26.2 Å². The number of nitrogens with zero attached hydrogens (tertiary/aromatic N) is 1. The number of para-hydroxylation sites is 1. The van der Waals surface area contributed by atoms with Gasteiger partial charge in [0.2, 0.25) is 0 Å². The lowest BCUT2D eigenvalue weighted by Crippen LogP contribution is -2.45. The Hall–Kier alpha value is -1.32. The Morgan fingerprint density at radius 1 is 1.14 bits per heavy atom. The number of hydrogen-bond acceptors (Lipinski definition) is 2. The molecule has 0 spiro atoms. The van der Waals surface area contributed by atoms with Gasteiger partial charge in [0.1, 0.15) is 0 Å². The predicted octanol–water partition coefficient (Wildman–Crippen LogP) is 3.47. The molecule has 2 N–H and O–H groups in total. The van der Waals surface area contributed by atoms with E-state index in [0.29, 0.717) is 12.0 Å². The molecular formula is C18H27N3. The molecule has 0 radical (unpaired) electrons. The van der Waals surface area contributed by atoms with Crippen LogP contribution in [0.3, 0.4) is 0 Å². The minimum absolute atomic E-state index is 0.531. The lowest BCUT2D eigenvalue weighted by atomic mass is 9.93. The molecule has 0 amide bonds. The van der Waals surface area contributed by atoms with Crippen molar-refractivity contribution in [1.82, 2.24) is 15.2 Å². The molecule has 3 rings (SSSR count). The van der Waals surface area contributed by atoms with E-state index >= 15 is 0 Å². The number of hydrogen-bond donors (Lipinski definition) is 2. The van der Waals surface area contributed by atoms with Crippen LogP contribution in [0.15, 0.2) is 24.3 Å². The molecule has 2 heterocycles. The fraction of sp³-hybridized carbons (Fsp3) is 0.556. The molecule has 1 fully saturated rings. The molecule has 1 saturated heterocycles. The fourth-order valence-corrected chi connectivity index (χ4v) is 3.62. The molecule has 0 bridgehead atoms. The van der Waals surface area contributed by atoms with Crippen LogP contribution >= 0.6 is 0 Å². The van der Waals surface area contributed by atoms with Crippen LogP contribution < -0.4 is 5.32 Å². The van der Waals surface area contributed by atoms with Gasteiger partial charge in [-0.3, -0.25) is 4.90 Å². The van der Waals surface area contributed by atoms with Crippen LogP contribution in [0.2, 0.25) is 0 Å². The number of H-pyrrole nitrogens is 1. The minimum atomic E-state index is 0.531. The molecule has 0 unspecified atom stereocenters. The average molecular weight is 285 g/mol. The summed E-state index contributed by atoms with van der Waals surface area (Å²) in [5.74, 6) is 0.706. The van der Waals surface area contributed by atoms with Crippen LogP contribution in [-0.2, 0) is 0 Å². The quantitative estimate of drug-likeness (QED) is 0.901. The Labute approximate surface area is 127 Å². The van der Waals surface area contributed by atoms with Gasteiger partial charge in [0, 0.05) is 48.8 Å². The molecule has 2 aromatic rings. The van der Waals surface area contributed by atoms with Crippen molar-refractivity contribution < 1.29 is 0 Å². The maximum atomic E-state index is 3.58. The first-order valence-electron chi connectivity index (χ1n) is 8.18. The molecule has 1 aliphatic heterocycles. The number of nitrogens with one attached hydrogen (secondary N) is 2. The van der Waals surface area contributed by atoms with E-state index in [9.17, 15) is 0 Å². The first-order chi connectivity index (χ1) is 10.2. The van der Waals surface area contributed by atoms with Crippen molar-refractivity contribution >= 4 is 10.9 Å². The third-order valence-corrected chi connectivity index (χ3v) is 4.56. The number of piperazine rings is 1. The van der Waals surface area contributed by atoms with Crippen LogP contribution in [0.1, 0.15) is 37.6 Å². The topological polar surface area (TPSA) is 31.1 Å². The summed E-state index contributed by atoms with van der Waals surface area (Å²) in [5.41, 5.74) is 4.12. The van der Waals surface area contributed by atoms with E-state index in [1.165, 1.54) is 28.6 Å². The van der Waals surface area contributed by atoms with E-state index in [1.807, 2.05) is 0 Å². The fourth-order valence-electron chi connectivity index (χ4n) is 3.62. The van der Waals surface area contributed by atoms with Gasteiger partial charge in [-0.15, -0.1) is 0 Å². The highest BCUT2D eigenvalue weighted by atomic mass is 15.2. The Morgan fingerprint density at radius 3 is 2.57 bits per heavy atom. The number of fused-ring (bicyclic) bond motifs is 1. The molecule has 1 atom stereocenters. The largest absolute Gasteiger partial charge is 0.358 e. The minimum Gasteiger partial charge on any atom is -0.358 e. The second-order valence-corrected chi connectivity index (χ2v) is 6.64. The maximum Gasteiger partial charge on any atom is 0.0459 e. The van der Waals surface area contributed by atoms with Crippen molar-refractivity contribution in [1.29, 1.82) is 0 Å².